The third kappa shape index (κ3) is 3.54. The lowest BCUT2D eigenvalue weighted by molar-refractivity contribution is -0.754. The van der Waals surface area contributed by atoms with Gasteiger partial charge in [-0.25, -0.2) is 9.97 Å². The second-order valence-corrected chi connectivity index (χ2v) is 4.28. The van der Waals surface area contributed by atoms with Crippen LogP contribution in [0.5, 0.6) is 0 Å². The number of hydrogen-bond acceptors (Lipinski definition) is 4. The van der Waals surface area contributed by atoms with Crippen LogP contribution in [0, 0.1) is 5.92 Å². The van der Waals surface area contributed by atoms with E-state index in [1.54, 1.807) is 42.5 Å². The first-order valence-corrected chi connectivity index (χ1v) is 6.03. The highest BCUT2D eigenvalue weighted by molar-refractivity contribution is 5.69. The molecule has 0 bridgehead atoms. The Morgan fingerprint density at radius 1 is 1.42 bits per heavy atom. The van der Waals surface area contributed by atoms with Crippen molar-refractivity contribution in [2.45, 2.75) is 19.9 Å². The van der Waals surface area contributed by atoms with Gasteiger partial charge in [-0.3, -0.25) is 4.79 Å². The van der Waals surface area contributed by atoms with Gasteiger partial charge in [0.15, 0.2) is 18.6 Å². The van der Waals surface area contributed by atoms with Crippen LogP contribution in [0.4, 0.5) is 0 Å². The predicted octanol–water partition coefficient (Wildman–Crippen LogP) is 0.937. The molecule has 0 fully saturated rings. The predicted molar refractivity (Wildman–Crippen MR) is 66.9 cm³/mol. The molecular weight excluding hydrogens is 244 g/mol. The molecule has 6 heteroatoms. The van der Waals surface area contributed by atoms with Crippen molar-refractivity contribution in [3.8, 4) is 11.4 Å². The van der Waals surface area contributed by atoms with Crippen LogP contribution in [0.1, 0.15) is 13.3 Å². The second kappa shape index (κ2) is 5.99. The maximum absolute atomic E-state index is 10.7. The topological polar surface area (TPSA) is 79.8 Å². The first-order chi connectivity index (χ1) is 9.16. The van der Waals surface area contributed by atoms with Gasteiger partial charge in [0.2, 0.25) is 0 Å². The first kappa shape index (κ1) is 13.1. The molecule has 0 saturated heterocycles. The van der Waals surface area contributed by atoms with Gasteiger partial charge in [0.05, 0.1) is 5.92 Å². The summed E-state index contributed by atoms with van der Waals surface area (Å²) in [6, 6.07) is 3.63. The van der Waals surface area contributed by atoms with Crippen LogP contribution in [0.3, 0.4) is 0 Å². The molecule has 0 amide bonds. The van der Waals surface area contributed by atoms with Crippen LogP contribution in [-0.2, 0) is 11.3 Å². The molecule has 0 aliphatic carbocycles. The number of rotatable bonds is 5. The fourth-order valence-electron chi connectivity index (χ4n) is 1.55. The van der Waals surface area contributed by atoms with Crippen molar-refractivity contribution in [1.82, 2.24) is 15.1 Å². The summed E-state index contributed by atoms with van der Waals surface area (Å²) in [6.45, 7) is 2.26. The molecule has 2 aromatic heterocycles. The van der Waals surface area contributed by atoms with Crippen molar-refractivity contribution in [3.05, 3.63) is 36.9 Å². The molecule has 0 saturated carbocycles. The standard InChI is InChI=1S/C13H14N4O2/c1-10(13(18)19)3-7-17-8-4-11(9-16-17)12-14-5-2-6-15-12/h2,4-6,8-10H,3,7H2,1H3/p+1/t10-/m0/s1. The van der Waals surface area contributed by atoms with E-state index in [1.807, 2.05) is 6.07 Å². The van der Waals surface area contributed by atoms with E-state index >= 15 is 0 Å². The summed E-state index contributed by atoms with van der Waals surface area (Å²) < 4.78 is 1.71. The Morgan fingerprint density at radius 3 is 2.74 bits per heavy atom. The van der Waals surface area contributed by atoms with Gasteiger partial charge in [-0.15, -0.1) is 0 Å². The molecule has 19 heavy (non-hydrogen) atoms. The van der Waals surface area contributed by atoms with E-state index in [4.69, 9.17) is 5.11 Å². The van der Waals surface area contributed by atoms with E-state index in [0.717, 1.165) is 5.56 Å². The SMILES string of the molecule is C[C@@H](CC[n+]1ccc(-c2ncccn2)cn1)C(=O)O. The number of aliphatic carboxylic acids is 1. The Kier molecular flexibility index (Phi) is 4.12. The number of carboxylic acids is 1. The summed E-state index contributed by atoms with van der Waals surface area (Å²) in [5.41, 5.74) is 0.836. The smallest absolute Gasteiger partial charge is 0.306 e. The maximum Gasteiger partial charge on any atom is 0.306 e. The van der Waals surface area contributed by atoms with E-state index in [2.05, 4.69) is 15.1 Å². The van der Waals surface area contributed by atoms with Gasteiger partial charge in [0.1, 0.15) is 6.20 Å². The number of nitrogens with zero attached hydrogens (tertiary/aromatic N) is 4. The van der Waals surface area contributed by atoms with E-state index in [9.17, 15) is 4.79 Å². The lowest BCUT2D eigenvalue weighted by Crippen LogP contribution is -2.38. The molecule has 0 aromatic carbocycles. The Hall–Kier alpha value is -2.37. The molecule has 2 aromatic rings. The maximum atomic E-state index is 10.7. The molecule has 0 aliphatic heterocycles. The van der Waals surface area contributed by atoms with E-state index in [1.165, 1.54) is 0 Å². The zero-order valence-corrected chi connectivity index (χ0v) is 10.6. The van der Waals surface area contributed by atoms with Crippen LogP contribution < -0.4 is 4.68 Å². The highest BCUT2D eigenvalue weighted by Crippen LogP contribution is 2.09. The number of hydrogen-bond donors (Lipinski definition) is 1. The van der Waals surface area contributed by atoms with Crippen LogP contribution in [-0.4, -0.2) is 26.1 Å². The van der Waals surface area contributed by atoms with Gasteiger partial charge < -0.3 is 5.11 Å². The molecule has 2 rings (SSSR count). The van der Waals surface area contributed by atoms with E-state index < -0.39 is 5.97 Å². The summed E-state index contributed by atoms with van der Waals surface area (Å²) >= 11 is 0. The lowest BCUT2D eigenvalue weighted by Gasteiger charge is -2.01. The molecular formula is C13H15N4O2+. The fourth-order valence-corrected chi connectivity index (χ4v) is 1.55. The van der Waals surface area contributed by atoms with Crippen molar-refractivity contribution in [1.29, 1.82) is 0 Å². The van der Waals surface area contributed by atoms with Gasteiger partial charge in [-0.05, 0) is 11.2 Å². The van der Waals surface area contributed by atoms with Crippen LogP contribution in [0.25, 0.3) is 11.4 Å². The van der Waals surface area contributed by atoms with Crippen molar-refractivity contribution in [2.24, 2.45) is 5.92 Å². The fraction of sp³-hybridized carbons (Fsp3) is 0.308. The van der Waals surface area contributed by atoms with Crippen molar-refractivity contribution in [3.63, 3.8) is 0 Å². The van der Waals surface area contributed by atoms with Crippen LogP contribution in [0.15, 0.2) is 36.9 Å². The first-order valence-electron chi connectivity index (χ1n) is 6.03. The van der Waals surface area contributed by atoms with Crippen LogP contribution >= 0.6 is 0 Å². The average Bonchev–Trinajstić information content (AvgIpc) is 2.46. The minimum Gasteiger partial charge on any atom is -0.481 e. The van der Waals surface area contributed by atoms with Gasteiger partial charge in [0.25, 0.3) is 0 Å². The molecule has 0 aliphatic rings. The molecule has 0 radical (unpaired) electrons. The van der Waals surface area contributed by atoms with Gasteiger partial charge >= 0.3 is 5.97 Å². The Morgan fingerprint density at radius 2 is 2.16 bits per heavy atom. The zero-order chi connectivity index (χ0) is 13.7. The molecule has 6 nitrogen and oxygen atoms in total. The van der Waals surface area contributed by atoms with Crippen molar-refractivity contribution >= 4 is 5.97 Å². The van der Waals surface area contributed by atoms with Crippen molar-refractivity contribution in [2.75, 3.05) is 0 Å². The van der Waals surface area contributed by atoms with E-state index in [-0.39, 0.29) is 5.92 Å². The Balaban J connectivity index is 2.01. The minimum atomic E-state index is -0.782. The quantitative estimate of drug-likeness (QED) is 0.808. The summed E-state index contributed by atoms with van der Waals surface area (Å²) in [4.78, 5) is 19.0. The van der Waals surface area contributed by atoms with Gasteiger partial charge in [-0.1, -0.05) is 11.6 Å². The summed E-state index contributed by atoms with van der Waals surface area (Å²) in [5.74, 6) is -0.526. The monoisotopic (exact) mass is 259 g/mol. The number of carbonyl (C=O) groups is 1. The van der Waals surface area contributed by atoms with Gasteiger partial charge in [0, 0.05) is 30.4 Å². The average molecular weight is 259 g/mol. The molecule has 0 unspecified atom stereocenters. The van der Waals surface area contributed by atoms with Gasteiger partial charge in [-0.2, -0.15) is 0 Å². The Bertz CT molecular complexity index is 542. The molecule has 1 N–H and O–H groups in total. The largest absolute Gasteiger partial charge is 0.481 e. The molecule has 98 valence electrons. The number of aromatic nitrogens is 4. The minimum absolute atomic E-state index is 0.369. The van der Waals surface area contributed by atoms with Crippen molar-refractivity contribution < 1.29 is 14.6 Å². The second-order valence-electron chi connectivity index (χ2n) is 4.28. The number of aryl methyl sites for hydroxylation is 1. The summed E-state index contributed by atoms with van der Waals surface area (Å²) in [5, 5.41) is 13.0. The Labute approximate surface area is 110 Å². The third-order valence-corrected chi connectivity index (χ3v) is 2.81. The third-order valence-electron chi connectivity index (χ3n) is 2.81. The lowest BCUT2D eigenvalue weighted by atomic mass is 10.1. The highest BCUT2D eigenvalue weighted by Gasteiger charge is 2.14. The molecule has 1 atom stereocenters. The summed E-state index contributed by atoms with van der Waals surface area (Å²) in [6.07, 6.45) is 7.39. The highest BCUT2D eigenvalue weighted by atomic mass is 16.4. The summed E-state index contributed by atoms with van der Waals surface area (Å²) in [7, 11) is 0. The molecule has 2 heterocycles. The van der Waals surface area contributed by atoms with E-state index in [0.29, 0.717) is 18.8 Å². The zero-order valence-electron chi connectivity index (χ0n) is 10.6. The molecule has 0 spiro atoms. The van der Waals surface area contributed by atoms with Crippen LogP contribution in [0.2, 0.25) is 0 Å². The normalized spacial score (nSPS) is 12.1. The number of carboxylic acid groups (broad SMARTS) is 1.